The first-order valence-corrected chi connectivity index (χ1v) is 7.90. The number of hydrogen-bond acceptors (Lipinski definition) is 3. The monoisotopic (exact) mass is 295 g/mol. The molecule has 1 aromatic rings. The Morgan fingerprint density at radius 2 is 2.00 bits per heavy atom. The molecule has 3 unspecified atom stereocenters. The van der Waals surface area contributed by atoms with Gasteiger partial charge in [0.25, 0.3) is 0 Å². The highest BCUT2D eigenvalue weighted by atomic mass is 19.1. The molecule has 21 heavy (non-hydrogen) atoms. The summed E-state index contributed by atoms with van der Waals surface area (Å²) in [6, 6.07) is 6.38. The maximum absolute atomic E-state index is 12.8. The van der Waals surface area contributed by atoms with E-state index in [-0.39, 0.29) is 5.82 Å². The van der Waals surface area contributed by atoms with E-state index < -0.39 is 6.10 Å². The van der Waals surface area contributed by atoms with E-state index in [1.54, 1.807) is 12.1 Å². The molecule has 3 atom stereocenters. The van der Waals surface area contributed by atoms with Gasteiger partial charge in [-0.15, -0.1) is 0 Å². The van der Waals surface area contributed by atoms with Crippen LogP contribution in [0.3, 0.4) is 0 Å². The molecule has 0 saturated heterocycles. The average Bonchev–Trinajstić information content (AvgIpc) is 2.48. The lowest BCUT2D eigenvalue weighted by molar-refractivity contribution is -0.0452. The Bertz CT molecular complexity index is 410. The van der Waals surface area contributed by atoms with E-state index in [4.69, 9.17) is 4.74 Å². The fourth-order valence-electron chi connectivity index (χ4n) is 2.81. The molecule has 1 saturated carbocycles. The number of benzene rings is 1. The Kier molecular flexibility index (Phi) is 6.61. The van der Waals surface area contributed by atoms with Crippen molar-refractivity contribution in [2.45, 2.75) is 51.4 Å². The average molecular weight is 295 g/mol. The minimum absolute atomic E-state index is 0.228. The standard InChI is InChI=1S/C17H26FNO2/c1-13-4-2-3-5-17(13)21-12-16(20)11-19-10-14-6-8-15(18)9-7-14/h6-9,13,16-17,19-20H,2-5,10-12H2,1H3. The summed E-state index contributed by atoms with van der Waals surface area (Å²) < 4.78 is 18.6. The number of ether oxygens (including phenoxy) is 1. The second-order valence-corrected chi connectivity index (χ2v) is 6.04. The highest BCUT2D eigenvalue weighted by molar-refractivity contribution is 5.15. The van der Waals surface area contributed by atoms with Gasteiger partial charge in [-0.25, -0.2) is 4.39 Å². The molecule has 0 aliphatic heterocycles. The van der Waals surface area contributed by atoms with Crippen LogP contribution in [0.4, 0.5) is 4.39 Å². The summed E-state index contributed by atoms with van der Waals surface area (Å²) in [5.41, 5.74) is 1.01. The zero-order valence-corrected chi connectivity index (χ0v) is 12.7. The quantitative estimate of drug-likeness (QED) is 0.813. The Labute approximate surface area is 126 Å². The maximum atomic E-state index is 12.8. The summed E-state index contributed by atoms with van der Waals surface area (Å²) in [6.45, 7) is 3.71. The van der Waals surface area contributed by atoms with Crippen LogP contribution in [0.15, 0.2) is 24.3 Å². The fraction of sp³-hybridized carbons (Fsp3) is 0.647. The van der Waals surface area contributed by atoms with Crippen molar-refractivity contribution < 1.29 is 14.2 Å². The molecule has 2 N–H and O–H groups in total. The minimum atomic E-state index is -0.500. The molecule has 3 nitrogen and oxygen atoms in total. The van der Waals surface area contributed by atoms with Crippen molar-refractivity contribution in [2.75, 3.05) is 13.2 Å². The van der Waals surface area contributed by atoms with Gasteiger partial charge >= 0.3 is 0 Å². The van der Waals surface area contributed by atoms with Crippen molar-refractivity contribution in [2.24, 2.45) is 5.92 Å². The SMILES string of the molecule is CC1CCCCC1OCC(O)CNCc1ccc(F)cc1. The van der Waals surface area contributed by atoms with Gasteiger partial charge < -0.3 is 15.2 Å². The lowest BCUT2D eigenvalue weighted by Crippen LogP contribution is -2.34. The Hall–Kier alpha value is -0.970. The van der Waals surface area contributed by atoms with Crippen LogP contribution in [0.1, 0.15) is 38.2 Å². The van der Waals surface area contributed by atoms with Gasteiger partial charge in [0.15, 0.2) is 0 Å². The molecule has 1 fully saturated rings. The summed E-state index contributed by atoms with van der Waals surface area (Å²) in [7, 11) is 0. The van der Waals surface area contributed by atoms with Gasteiger partial charge in [0.05, 0.1) is 18.8 Å². The summed E-state index contributed by atoms with van der Waals surface area (Å²) in [4.78, 5) is 0. The number of halogens is 1. The molecule has 2 rings (SSSR count). The number of hydrogen-bond donors (Lipinski definition) is 2. The van der Waals surface area contributed by atoms with Crippen molar-refractivity contribution in [3.63, 3.8) is 0 Å². The smallest absolute Gasteiger partial charge is 0.123 e. The second-order valence-electron chi connectivity index (χ2n) is 6.04. The summed E-state index contributed by atoms with van der Waals surface area (Å²) >= 11 is 0. The largest absolute Gasteiger partial charge is 0.389 e. The van der Waals surface area contributed by atoms with Gasteiger partial charge in [-0.05, 0) is 36.5 Å². The zero-order valence-electron chi connectivity index (χ0n) is 12.7. The number of rotatable bonds is 7. The van der Waals surface area contributed by atoms with Crippen molar-refractivity contribution in [3.8, 4) is 0 Å². The zero-order chi connectivity index (χ0) is 15.1. The number of nitrogens with one attached hydrogen (secondary N) is 1. The highest BCUT2D eigenvalue weighted by Crippen LogP contribution is 2.26. The molecule has 1 aliphatic rings. The predicted molar refractivity (Wildman–Crippen MR) is 81.5 cm³/mol. The molecule has 1 aliphatic carbocycles. The van der Waals surface area contributed by atoms with Crippen LogP contribution in [0.2, 0.25) is 0 Å². The molecule has 4 heteroatoms. The summed E-state index contributed by atoms with van der Waals surface area (Å²) in [5.74, 6) is 0.368. The molecular formula is C17H26FNO2. The van der Waals surface area contributed by atoms with Crippen LogP contribution in [0.25, 0.3) is 0 Å². The van der Waals surface area contributed by atoms with Gasteiger partial charge in [0.1, 0.15) is 5.82 Å². The lowest BCUT2D eigenvalue weighted by atomic mass is 9.88. The summed E-state index contributed by atoms with van der Waals surface area (Å²) in [5, 5.41) is 13.1. The Morgan fingerprint density at radius 1 is 1.29 bits per heavy atom. The lowest BCUT2D eigenvalue weighted by Gasteiger charge is -2.29. The van der Waals surface area contributed by atoms with E-state index in [2.05, 4.69) is 12.2 Å². The van der Waals surface area contributed by atoms with Gasteiger partial charge in [-0.2, -0.15) is 0 Å². The molecule has 118 valence electrons. The summed E-state index contributed by atoms with van der Waals surface area (Å²) in [6.07, 6.45) is 4.65. The predicted octanol–water partition coefficient (Wildman–Crippen LogP) is 2.87. The molecular weight excluding hydrogens is 269 g/mol. The third-order valence-corrected chi connectivity index (χ3v) is 4.16. The molecule has 0 aromatic heterocycles. The van der Waals surface area contributed by atoms with Crippen molar-refractivity contribution in [1.29, 1.82) is 0 Å². The van der Waals surface area contributed by atoms with E-state index in [9.17, 15) is 9.50 Å². The van der Waals surface area contributed by atoms with E-state index in [0.29, 0.717) is 31.7 Å². The van der Waals surface area contributed by atoms with Crippen molar-refractivity contribution in [3.05, 3.63) is 35.6 Å². The number of aliphatic hydroxyl groups excluding tert-OH is 1. The van der Waals surface area contributed by atoms with Crippen LogP contribution in [-0.2, 0) is 11.3 Å². The molecule has 0 radical (unpaired) electrons. The first-order chi connectivity index (χ1) is 10.1. The first-order valence-electron chi connectivity index (χ1n) is 7.90. The number of aliphatic hydroxyl groups is 1. The van der Waals surface area contributed by atoms with E-state index in [1.165, 1.54) is 31.4 Å². The van der Waals surface area contributed by atoms with Crippen molar-refractivity contribution >= 4 is 0 Å². The van der Waals surface area contributed by atoms with Gasteiger partial charge in [0.2, 0.25) is 0 Å². The Balaban J connectivity index is 1.61. The van der Waals surface area contributed by atoms with Crippen LogP contribution in [0.5, 0.6) is 0 Å². The fourth-order valence-corrected chi connectivity index (χ4v) is 2.81. The molecule has 0 amide bonds. The van der Waals surface area contributed by atoms with Crippen LogP contribution >= 0.6 is 0 Å². The van der Waals surface area contributed by atoms with E-state index in [1.807, 2.05) is 0 Å². The van der Waals surface area contributed by atoms with E-state index >= 15 is 0 Å². The Morgan fingerprint density at radius 3 is 2.71 bits per heavy atom. The molecule has 1 aromatic carbocycles. The van der Waals surface area contributed by atoms with Gasteiger partial charge in [-0.1, -0.05) is 31.9 Å². The molecule has 0 bridgehead atoms. The highest BCUT2D eigenvalue weighted by Gasteiger charge is 2.22. The topological polar surface area (TPSA) is 41.5 Å². The first kappa shape index (κ1) is 16.4. The second kappa shape index (κ2) is 8.47. The van der Waals surface area contributed by atoms with Crippen molar-refractivity contribution in [1.82, 2.24) is 5.32 Å². The van der Waals surface area contributed by atoms with Gasteiger partial charge in [0, 0.05) is 13.1 Å². The normalized spacial score (nSPS) is 24.0. The third kappa shape index (κ3) is 5.73. The molecule has 0 spiro atoms. The maximum Gasteiger partial charge on any atom is 0.123 e. The third-order valence-electron chi connectivity index (χ3n) is 4.16. The van der Waals surface area contributed by atoms with Gasteiger partial charge in [-0.3, -0.25) is 0 Å². The van der Waals surface area contributed by atoms with E-state index in [0.717, 1.165) is 12.0 Å². The van der Waals surface area contributed by atoms with Crippen LogP contribution < -0.4 is 5.32 Å². The minimum Gasteiger partial charge on any atom is -0.389 e. The van der Waals surface area contributed by atoms with Crippen LogP contribution in [0, 0.1) is 11.7 Å². The van der Waals surface area contributed by atoms with Crippen LogP contribution in [-0.4, -0.2) is 30.5 Å². The molecule has 0 heterocycles.